The zero-order valence-corrected chi connectivity index (χ0v) is 21.9. The number of aromatic hydroxyl groups is 1. The summed E-state index contributed by atoms with van der Waals surface area (Å²) in [5.41, 5.74) is -0.670. The zero-order valence-electron chi connectivity index (χ0n) is 20.3. The molecular formula is C26H21F2N3O6S2. The van der Waals surface area contributed by atoms with Crippen LogP contribution in [0, 0.1) is 11.6 Å². The van der Waals surface area contributed by atoms with Crippen LogP contribution in [0.2, 0.25) is 0 Å². The molecule has 4 aromatic rings. The first kappa shape index (κ1) is 26.4. The van der Waals surface area contributed by atoms with E-state index in [4.69, 9.17) is 0 Å². The maximum atomic E-state index is 14.2. The Labute approximate surface area is 222 Å². The number of nitrogens with zero attached hydrogens (tertiary/aromatic N) is 1. The predicted octanol–water partition coefficient (Wildman–Crippen LogP) is 3.99. The second kappa shape index (κ2) is 9.50. The van der Waals surface area contributed by atoms with Gasteiger partial charge in [0.1, 0.15) is 22.9 Å². The third kappa shape index (κ3) is 4.98. The molecule has 3 N–H and O–H groups in total. The molecule has 0 fully saturated rings. The largest absolute Gasteiger partial charge is 0.506 e. The van der Waals surface area contributed by atoms with Crippen LogP contribution in [0.4, 0.5) is 20.2 Å². The van der Waals surface area contributed by atoms with Gasteiger partial charge in [0.05, 0.1) is 39.5 Å². The number of pyridine rings is 1. The van der Waals surface area contributed by atoms with Gasteiger partial charge in [-0.2, -0.15) is 0 Å². The molecule has 0 atom stereocenters. The number of sulfone groups is 1. The molecule has 1 aromatic heterocycles. The second-order valence-corrected chi connectivity index (χ2v) is 12.6. The summed E-state index contributed by atoms with van der Waals surface area (Å²) in [6.45, 7) is 1.35. The highest BCUT2D eigenvalue weighted by molar-refractivity contribution is 7.94. The summed E-state index contributed by atoms with van der Waals surface area (Å²) in [7, 11) is -7.90. The Bertz CT molecular complexity index is 1950. The van der Waals surface area contributed by atoms with Crippen LogP contribution in [0.3, 0.4) is 0 Å². The van der Waals surface area contributed by atoms with E-state index in [1.807, 2.05) is 0 Å². The Morgan fingerprint density at radius 3 is 2.38 bits per heavy atom. The zero-order chi connectivity index (χ0) is 28.1. The van der Waals surface area contributed by atoms with Gasteiger partial charge in [0.2, 0.25) is 19.9 Å². The maximum absolute atomic E-state index is 14.2. The summed E-state index contributed by atoms with van der Waals surface area (Å²) in [4.78, 5) is 13.5. The highest BCUT2D eigenvalue weighted by Crippen LogP contribution is 2.38. The van der Waals surface area contributed by atoms with Crippen molar-refractivity contribution in [3.05, 3.63) is 99.2 Å². The van der Waals surface area contributed by atoms with Gasteiger partial charge >= 0.3 is 0 Å². The van der Waals surface area contributed by atoms with Gasteiger partial charge in [-0.05, 0) is 61.0 Å². The van der Waals surface area contributed by atoms with Crippen molar-refractivity contribution in [2.75, 3.05) is 15.8 Å². The molecule has 0 aliphatic carbocycles. The molecule has 9 nitrogen and oxygen atoms in total. The molecule has 202 valence electrons. The first-order valence-electron chi connectivity index (χ1n) is 11.6. The van der Waals surface area contributed by atoms with E-state index >= 15 is 0 Å². The van der Waals surface area contributed by atoms with E-state index in [-0.39, 0.29) is 45.2 Å². The summed E-state index contributed by atoms with van der Waals surface area (Å²) in [5.74, 6) is -2.02. The molecule has 13 heteroatoms. The Morgan fingerprint density at radius 1 is 1.00 bits per heavy atom. The fourth-order valence-electron chi connectivity index (χ4n) is 4.28. The van der Waals surface area contributed by atoms with Crippen molar-refractivity contribution in [3.8, 4) is 5.75 Å². The Kier molecular flexibility index (Phi) is 6.43. The van der Waals surface area contributed by atoms with Crippen LogP contribution in [0.15, 0.2) is 75.8 Å². The highest BCUT2D eigenvalue weighted by Gasteiger charge is 2.29. The maximum Gasteiger partial charge on any atom is 0.264 e. The minimum Gasteiger partial charge on any atom is -0.506 e. The molecule has 0 spiro atoms. The van der Waals surface area contributed by atoms with Crippen LogP contribution >= 0.6 is 0 Å². The number of rotatable bonds is 6. The molecule has 39 heavy (non-hydrogen) atoms. The number of anilines is 2. The van der Waals surface area contributed by atoms with Crippen LogP contribution in [0.1, 0.15) is 18.1 Å². The van der Waals surface area contributed by atoms with Gasteiger partial charge in [-0.15, -0.1) is 0 Å². The van der Waals surface area contributed by atoms with Crippen molar-refractivity contribution < 1.29 is 30.7 Å². The molecule has 0 radical (unpaired) electrons. The summed E-state index contributed by atoms with van der Waals surface area (Å²) in [6, 6.07) is 12.6. The first-order valence-corrected chi connectivity index (χ1v) is 14.8. The predicted molar refractivity (Wildman–Crippen MR) is 144 cm³/mol. The molecule has 0 unspecified atom stereocenters. The van der Waals surface area contributed by atoms with Gasteiger partial charge in [0.15, 0.2) is 0 Å². The number of fused-ring (bicyclic) bond motifs is 2. The summed E-state index contributed by atoms with van der Waals surface area (Å²) in [6.07, 6.45) is 0. The Balaban J connectivity index is 1.67. The number of aromatic nitrogens is 1. The van der Waals surface area contributed by atoms with Crippen molar-refractivity contribution in [2.45, 2.75) is 18.4 Å². The van der Waals surface area contributed by atoms with Gasteiger partial charge in [0, 0.05) is 11.1 Å². The van der Waals surface area contributed by atoms with E-state index in [1.54, 1.807) is 0 Å². The van der Waals surface area contributed by atoms with Crippen molar-refractivity contribution in [1.82, 2.24) is 4.57 Å². The van der Waals surface area contributed by atoms with E-state index in [0.29, 0.717) is 5.56 Å². The Morgan fingerprint density at radius 2 is 1.69 bits per heavy atom. The number of nitrogens with one attached hydrogen (secondary N) is 2. The van der Waals surface area contributed by atoms with Gasteiger partial charge in [-0.25, -0.2) is 25.6 Å². The fourth-order valence-corrected chi connectivity index (χ4v) is 6.24. The molecule has 1 aliphatic rings. The van der Waals surface area contributed by atoms with E-state index in [2.05, 4.69) is 10.0 Å². The van der Waals surface area contributed by atoms with Crippen molar-refractivity contribution in [2.24, 2.45) is 0 Å². The van der Waals surface area contributed by atoms with Crippen LogP contribution in [-0.4, -0.2) is 32.3 Å². The third-order valence-corrected chi connectivity index (χ3v) is 9.01. The molecule has 5 rings (SSSR count). The van der Waals surface area contributed by atoms with E-state index in [9.17, 15) is 35.5 Å². The highest BCUT2D eigenvalue weighted by atomic mass is 32.2. The molecule has 2 heterocycles. The van der Waals surface area contributed by atoms with Crippen molar-refractivity contribution >= 4 is 47.8 Å². The number of hydrogen-bond donors (Lipinski definition) is 3. The number of sulfonamides is 1. The first-order chi connectivity index (χ1) is 18.4. The number of hydrogen-bond acceptors (Lipinski definition) is 7. The lowest BCUT2D eigenvalue weighted by molar-refractivity contribution is 0.476. The average molecular weight is 574 g/mol. The van der Waals surface area contributed by atoms with E-state index in [1.165, 1.54) is 54.0 Å². The lowest BCUT2D eigenvalue weighted by Crippen LogP contribution is -2.27. The molecule has 0 saturated carbocycles. The molecule has 3 aromatic carbocycles. The monoisotopic (exact) mass is 573 g/mol. The lowest BCUT2D eigenvalue weighted by Gasteiger charge is -2.22. The standard InChI is InChI=1S/C26H21F2N3O6S2/c1-2-39(36,37)30-18-8-9-20-23(12-18)38(34,35)14-21(29-20)24-25(32)19-11-17(28)7-10-22(19)31(26(24)33)13-15-3-5-16(27)6-4-15/h3-12,14,29-30,32H,2,13H2,1H3. The Hall–Kier alpha value is -4.23. The van der Waals surface area contributed by atoms with Gasteiger partial charge in [-0.1, -0.05) is 12.1 Å². The van der Waals surface area contributed by atoms with Crippen molar-refractivity contribution in [1.29, 1.82) is 0 Å². The summed E-state index contributed by atoms with van der Waals surface area (Å²) >= 11 is 0. The van der Waals surface area contributed by atoms with Gasteiger partial charge in [0.25, 0.3) is 5.56 Å². The van der Waals surface area contributed by atoms with Gasteiger partial charge < -0.3 is 15.0 Å². The SMILES string of the molecule is CCS(=O)(=O)Nc1ccc2c(c1)S(=O)(=O)C=C(c1c(O)c3cc(F)ccc3n(Cc3ccc(F)cc3)c1=O)N2. The van der Waals surface area contributed by atoms with Gasteiger partial charge in [-0.3, -0.25) is 9.52 Å². The normalized spacial score (nSPS) is 14.4. The van der Waals surface area contributed by atoms with Crippen LogP contribution < -0.4 is 15.6 Å². The summed E-state index contributed by atoms with van der Waals surface area (Å²) in [5, 5.41) is 14.6. The molecule has 0 saturated heterocycles. The lowest BCUT2D eigenvalue weighted by atomic mass is 10.1. The van der Waals surface area contributed by atoms with Crippen LogP contribution in [0.25, 0.3) is 16.6 Å². The van der Waals surface area contributed by atoms with Crippen molar-refractivity contribution in [3.63, 3.8) is 0 Å². The average Bonchev–Trinajstić information content (AvgIpc) is 2.88. The quantitative estimate of drug-likeness (QED) is 0.318. The molecule has 1 aliphatic heterocycles. The minimum absolute atomic E-state index is 0.0310. The fraction of sp³-hybridized carbons (Fsp3) is 0.115. The topological polar surface area (TPSA) is 135 Å². The summed E-state index contributed by atoms with van der Waals surface area (Å²) < 4.78 is 81.4. The van der Waals surface area contributed by atoms with Crippen LogP contribution in [-0.2, 0) is 26.4 Å². The third-order valence-electron chi connectivity index (χ3n) is 6.21. The number of benzene rings is 3. The smallest absolute Gasteiger partial charge is 0.264 e. The van der Waals surface area contributed by atoms with E-state index in [0.717, 1.165) is 23.6 Å². The van der Waals surface area contributed by atoms with Crippen LogP contribution in [0.5, 0.6) is 5.75 Å². The second-order valence-electron chi connectivity index (χ2n) is 8.82. The molecule has 0 amide bonds. The van der Waals surface area contributed by atoms with E-state index < -0.39 is 48.4 Å². The molecular weight excluding hydrogens is 552 g/mol. The minimum atomic E-state index is -4.23. The number of halogens is 2. The molecule has 0 bridgehead atoms.